The summed E-state index contributed by atoms with van der Waals surface area (Å²) in [6.45, 7) is 1.02. The van der Waals surface area contributed by atoms with Crippen molar-refractivity contribution in [2.75, 3.05) is 0 Å². The highest BCUT2D eigenvalue weighted by Crippen LogP contribution is 2.33. The lowest BCUT2D eigenvalue weighted by Crippen LogP contribution is -2.38. The first-order valence-corrected chi connectivity index (χ1v) is 6.84. The number of rotatable bonds is 4. The molecule has 0 saturated heterocycles. The van der Waals surface area contributed by atoms with Crippen LogP contribution in [-0.2, 0) is 21.0 Å². The highest BCUT2D eigenvalue weighted by molar-refractivity contribution is 7.89. The first-order valence-electron chi connectivity index (χ1n) is 5.35. The number of carboxylic acid groups (broad SMARTS) is 1. The topological polar surface area (TPSA) is 107 Å². The zero-order chi connectivity index (χ0) is 16.4. The third kappa shape index (κ3) is 3.93. The molecule has 0 spiro atoms. The van der Waals surface area contributed by atoms with Gasteiger partial charge in [-0.1, -0.05) is 0 Å². The van der Waals surface area contributed by atoms with Crippen molar-refractivity contribution in [2.45, 2.75) is 24.0 Å². The number of alkyl halides is 3. The van der Waals surface area contributed by atoms with Gasteiger partial charge in [0.05, 0.1) is 22.1 Å². The van der Waals surface area contributed by atoms with Gasteiger partial charge in [-0.25, -0.2) is 8.42 Å². The zero-order valence-corrected chi connectivity index (χ0v) is 11.3. The molecule has 21 heavy (non-hydrogen) atoms. The van der Waals surface area contributed by atoms with Gasteiger partial charge in [0.2, 0.25) is 10.0 Å². The summed E-state index contributed by atoms with van der Waals surface area (Å²) in [6.07, 6.45) is -4.91. The number of nitrogens with one attached hydrogen (secondary N) is 1. The summed E-state index contributed by atoms with van der Waals surface area (Å²) >= 11 is 0. The van der Waals surface area contributed by atoms with Gasteiger partial charge in [0.1, 0.15) is 6.04 Å². The largest absolute Gasteiger partial charge is 0.480 e. The summed E-state index contributed by atoms with van der Waals surface area (Å²) in [5.41, 5.74) is -2.14. The van der Waals surface area contributed by atoms with Gasteiger partial charge in [0.25, 0.3) is 0 Å². The summed E-state index contributed by atoms with van der Waals surface area (Å²) in [6, 6.07) is 1.59. The Bertz CT molecular complexity index is 707. The van der Waals surface area contributed by atoms with Crippen molar-refractivity contribution in [1.29, 1.82) is 5.26 Å². The van der Waals surface area contributed by atoms with Crippen LogP contribution in [0.25, 0.3) is 0 Å². The molecule has 0 aliphatic carbocycles. The number of hydrogen-bond donors (Lipinski definition) is 2. The van der Waals surface area contributed by atoms with Crippen LogP contribution in [0.15, 0.2) is 23.1 Å². The van der Waals surface area contributed by atoms with Gasteiger partial charge >= 0.3 is 12.1 Å². The highest BCUT2D eigenvalue weighted by atomic mass is 32.2. The number of hydrogen-bond acceptors (Lipinski definition) is 4. The van der Waals surface area contributed by atoms with Crippen molar-refractivity contribution < 1.29 is 31.5 Å². The van der Waals surface area contributed by atoms with Crippen molar-refractivity contribution >= 4 is 16.0 Å². The van der Waals surface area contributed by atoms with E-state index in [1.165, 1.54) is 6.07 Å². The second-order valence-electron chi connectivity index (χ2n) is 4.00. The first-order chi connectivity index (χ1) is 9.49. The van der Waals surface area contributed by atoms with Crippen LogP contribution in [0.5, 0.6) is 0 Å². The fourth-order valence-electron chi connectivity index (χ4n) is 1.37. The van der Waals surface area contributed by atoms with Gasteiger partial charge in [-0.05, 0) is 25.1 Å². The summed E-state index contributed by atoms with van der Waals surface area (Å²) < 4.78 is 63.5. The monoisotopic (exact) mass is 322 g/mol. The van der Waals surface area contributed by atoms with E-state index < -0.39 is 44.2 Å². The zero-order valence-electron chi connectivity index (χ0n) is 10.5. The fraction of sp³-hybridized carbons (Fsp3) is 0.273. The Hall–Kier alpha value is -2.12. The normalized spacial score (nSPS) is 13.5. The molecule has 1 atom stereocenters. The molecule has 0 aromatic heterocycles. The lowest BCUT2D eigenvalue weighted by molar-refractivity contribution is -0.139. The van der Waals surface area contributed by atoms with E-state index >= 15 is 0 Å². The molecule has 0 bridgehead atoms. The van der Waals surface area contributed by atoms with Crippen molar-refractivity contribution in [3.05, 3.63) is 29.3 Å². The van der Waals surface area contributed by atoms with Crippen LogP contribution >= 0.6 is 0 Å². The smallest absolute Gasteiger partial charge is 0.417 e. The van der Waals surface area contributed by atoms with Crippen LogP contribution in [0.1, 0.15) is 18.1 Å². The van der Waals surface area contributed by atoms with E-state index in [1.807, 2.05) is 0 Å². The number of benzene rings is 1. The van der Waals surface area contributed by atoms with Crippen LogP contribution in [0.3, 0.4) is 0 Å². The van der Waals surface area contributed by atoms with Gasteiger partial charge in [-0.3, -0.25) is 4.79 Å². The summed E-state index contributed by atoms with van der Waals surface area (Å²) in [5.74, 6) is -1.48. The number of nitrogens with zero attached hydrogens (tertiary/aromatic N) is 1. The number of sulfonamides is 1. The molecule has 0 amide bonds. The maximum absolute atomic E-state index is 12.7. The molecular weight excluding hydrogens is 313 g/mol. The molecule has 0 fully saturated rings. The van der Waals surface area contributed by atoms with Crippen LogP contribution in [0.4, 0.5) is 13.2 Å². The Morgan fingerprint density at radius 3 is 2.43 bits per heavy atom. The molecule has 10 heteroatoms. The minimum absolute atomic E-state index is 0.287. The lowest BCUT2D eigenvalue weighted by atomic mass is 10.1. The number of carbonyl (C=O) groups is 1. The van der Waals surface area contributed by atoms with Gasteiger partial charge in [-0.2, -0.15) is 23.2 Å². The maximum atomic E-state index is 12.7. The van der Waals surface area contributed by atoms with Crippen molar-refractivity contribution in [3.63, 3.8) is 0 Å². The Kier molecular flexibility index (Phi) is 4.60. The third-order valence-corrected chi connectivity index (χ3v) is 3.97. The van der Waals surface area contributed by atoms with Crippen LogP contribution in [0, 0.1) is 11.3 Å². The number of halogens is 3. The van der Waals surface area contributed by atoms with Crippen LogP contribution in [-0.4, -0.2) is 25.5 Å². The number of nitriles is 1. The Labute approximate surface area is 117 Å². The second kappa shape index (κ2) is 5.71. The molecule has 0 unspecified atom stereocenters. The second-order valence-corrected chi connectivity index (χ2v) is 5.71. The van der Waals surface area contributed by atoms with Gasteiger partial charge in [0, 0.05) is 0 Å². The quantitative estimate of drug-likeness (QED) is 0.869. The molecule has 2 N–H and O–H groups in total. The maximum Gasteiger partial charge on any atom is 0.417 e. The number of carboxylic acids is 1. The van der Waals surface area contributed by atoms with Crippen molar-refractivity contribution in [2.24, 2.45) is 0 Å². The molecule has 6 nitrogen and oxygen atoms in total. The van der Waals surface area contributed by atoms with Gasteiger partial charge in [-0.15, -0.1) is 0 Å². The average molecular weight is 322 g/mol. The average Bonchev–Trinajstić information content (AvgIpc) is 2.36. The first kappa shape index (κ1) is 16.9. The molecule has 1 aromatic carbocycles. The highest BCUT2D eigenvalue weighted by Gasteiger charge is 2.35. The van der Waals surface area contributed by atoms with E-state index in [2.05, 4.69) is 0 Å². The Balaban J connectivity index is 3.33. The molecule has 114 valence electrons. The van der Waals surface area contributed by atoms with E-state index in [1.54, 1.807) is 4.72 Å². The van der Waals surface area contributed by atoms with Crippen molar-refractivity contribution in [3.8, 4) is 6.07 Å². The molecule has 0 aliphatic heterocycles. The lowest BCUT2D eigenvalue weighted by Gasteiger charge is -2.13. The molecule has 0 saturated carbocycles. The van der Waals surface area contributed by atoms with Gasteiger partial charge < -0.3 is 5.11 Å². The summed E-state index contributed by atoms with van der Waals surface area (Å²) in [7, 11) is -4.45. The third-order valence-electron chi connectivity index (χ3n) is 2.43. The fourth-order valence-corrected chi connectivity index (χ4v) is 2.60. The minimum atomic E-state index is -4.91. The van der Waals surface area contributed by atoms with Crippen molar-refractivity contribution in [1.82, 2.24) is 4.72 Å². The predicted molar refractivity (Wildman–Crippen MR) is 63.6 cm³/mol. The summed E-state index contributed by atoms with van der Waals surface area (Å²) in [5, 5.41) is 17.2. The molecule has 1 aromatic rings. The van der Waals surface area contributed by atoms with E-state index in [4.69, 9.17) is 10.4 Å². The van der Waals surface area contributed by atoms with E-state index in [0.717, 1.165) is 13.0 Å². The molecule has 0 radical (unpaired) electrons. The van der Waals surface area contributed by atoms with Crippen LogP contribution in [0.2, 0.25) is 0 Å². The molecule has 1 rings (SSSR count). The SMILES string of the molecule is C[C@H](NS(=O)(=O)c1ccc(C#N)c(C(F)(F)F)c1)C(=O)O. The minimum Gasteiger partial charge on any atom is -0.480 e. The molecular formula is C11H9F3N2O4S. The standard InChI is InChI=1S/C11H9F3N2O4S/c1-6(10(17)18)16-21(19,20)8-3-2-7(5-15)9(4-8)11(12,13)14/h2-4,6,16H,1H3,(H,17,18)/t6-/m0/s1. The van der Waals surface area contributed by atoms with Crippen LogP contribution < -0.4 is 4.72 Å². The molecule has 0 heterocycles. The van der Waals surface area contributed by atoms with E-state index in [0.29, 0.717) is 6.07 Å². The van der Waals surface area contributed by atoms with E-state index in [-0.39, 0.29) is 6.07 Å². The summed E-state index contributed by atoms with van der Waals surface area (Å²) in [4.78, 5) is 9.81. The Morgan fingerprint density at radius 2 is 2.00 bits per heavy atom. The Morgan fingerprint density at radius 1 is 1.43 bits per heavy atom. The predicted octanol–water partition coefficient (Wildman–Crippen LogP) is 1.33. The number of aliphatic carboxylic acids is 1. The molecule has 0 aliphatic rings. The van der Waals surface area contributed by atoms with E-state index in [9.17, 15) is 26.4 Å². The van der Waals surface area contributed by atoms with Gasteiger partial charge in [0.15, 0.2) is 0 Å².